The number of piperidine rings is 1. The first kappa shape index (κ1) is 16.4. The van der Waals surface area contributed by atoms with Gasteiger partial charge in [-0.2, -0.15) is 0 Å². The molecule has 0 amide bonds. The van der Waals surface area contributed by atoms with E-state index in [9.17, 15) is 0 Å². The zero-order valence-electron chi connectivity index (χ0n) is 14.8. The SMILES string of the molecule is Clc1ccccc1C1=NCc2nncn2-c2ccc(N3CCCCC3)nc21. The van der Waals surface area contributed by atoms with E-state index < -0.39 is 0 Å². The smallest absolute Gasteiger partial charge is 0.159 e. The Morgan fingerprint density at radius 3 is 2.67 bits per heavy atom. The summed E-state index contributed by atoms with van der Waals surface area (Å²) >= 11 is 6.50. The lowest BCUT2D eigenvalue weighted by Gasteiger charge is -2.28. The minimum absolute atomic E-state index is 0.440. The van der Waals surface area contributed by atoms with Gasteiger partial charge in [0, 0.05) is 18.7 Å². The highest BCUT2D eigenvalue weighted by Gasteiger charge is 2.24. The summed E-state index contributed by atoms with van der Waals surface area (Å²) in [5.41, 5.74) is 3.46. The van der Waals surface area contributed by atoms with E-state index in [4.69, 9.17) is 21.6 Å². The van der Waals surface area contributed by atoms with Crippen LogP contribution in [0.2, 0.25) is 5.02 Å². The third kappa shape index (κ3) is 2.90. The van der Waals surface area contributed by atoms with Gasteiger partial charge in [0.05, 0.1) is 16.4 Å². The molecule has 3 aromatic rings. The van der Waals surface area contributed by atoms with Crippen LogP contribution in [0.1, 0.15) is 36.3 Å². The summed E-state index contributed by atoms with van der Waals surface area (Å²) in [5, 5.41) is 8.94. The highest BCUT2D eigenvalue weighted by Crippen LogP contribution is 2.29. The summed E-state index contributed by atoms with van der Waals surface area (Å²) in [7, 11) is 0. The van der Waals surface area contributed by atoms with Gasteiger partial charge >= 0.3 is 0 Å². The number of aliphatic imine (C=N–C) groups is 1. The summed E-state index contributed by atoms with van der Waals surface area (Å²) in [4.78, 5) is 12.2. The van der Waals surface area contributed by atoms with Crippen molar-refractivity contribution >= 4 is 23.1 Å². The summed E-state index contributed by atoms with van der Waals surface area (Å²) in [6.45, 7) is 2.53. The van der Waals surface area contributed by atoms with Gasteiger partial charge in [0.1, 0.15) is 24.4 Å². The molecule has 0 unspecified atom stereocenters. The Kier molecular flexibility index (Phi) is 4.13. The van der Waals surface area contributed by atoms with Crippen molar-refractivity contribution in [3.8, 4) is 5.69 Å². The second kappa shape index (κ2) is 6.78. The number of benzene rings is 1. The predicted octanol–water partition coefficient (Wildman–Crippen LogP) is 3.66. The van der Waals surface area contributed by atoms with Gasteiger partial charge < -0.3 is 4.90 Å². The van der Waals surface area contributed by atoms with Crippen molar-refractivity contribution in [2.45, 2.75) is 25.8 Å². The Bertz CT molecular complexity index is 1020. The summed E-state index contributed by atoms with van der Waals surface area (Å²) < 4.78 is 1.97. The largest absolute Gasteiger partial charge is 0.357 e. The molecule has 2 aromatic heterocycles. The molecule has 6 nitrogen and oxygen atoms in total. The molecule has 0 saturated carbocycles. The molecule has 0 radical (unpaired) electrons. The van der Waals surface area contributed by atoms with Crippen LogP contribution in [-0.2, 0) is 6.54 Å². The molecule has 0 atom stereocenters. The van der Waals surface area contributed by atoms with Crippen molar-refractivity contribution < 1.29 is 0 Å². The second-order valence-electron chi connectivity index (χ2n) is 6.85. The molecule has 7 heteroatoms. The van der Waals surface area contributed by atoms with Crippen molar-refractivity contribution in [1.82, 2.24) is 19.7 Å². The first-order valence-corrected chi connectivity index (χ1v) is 9.64. The van der Waals surface area contributed by atoms with E-state index >= 15 is 0 Å². The minimum atomic E-state index is 0.440. The van der Waals surface area contributed by atoms with Crippen LogP contribution in [0.15, 0.2) is 47.7 Å². The molecule has 1 aromatic carbocycles. The van der Waals surface area contributed by atoms with Crippen LogP contribution in [0, 0.1) is 0 Å². The number of pyridine rings is 1. The van der Waals surface area contributed by atoms with Gasteiger partial charge in [0.2, 0.25) is 0 Å². The molecule has 0 aliphatic carbocycles. The van der Waals surface area contributed by atoms with Gasteiger partial charge in [0.25, 0.3) is 0 Å². The van der Waals surface area contributed by atoms with Gasteiger partial charge in [-0.05, 0) is 37.5 Å². The number of hydrogen-bond donors (Lipinski definition) is 0. The molecular weight excluding hydrogens is 360 g/mol. The van der Waals surface area contributed by atoms with Crippen LogP contribution in [0.25, 0.3) is 5.69 Å². The van der Waals surface area contributed by atoms with Crippen LogP contribution >= 0.6 is 11.6 Å². The highest BCUT2D eigenvalue weighted by molar-refractivity contribution is 6.35. The number of hydrogen-bond acceptors (Lipinski definition) is 5. The molecule has 0 bridgehead atoms. The average molecular weight is 379 g/mol. The predicted molar refractivity (Wildman–Crippen MR) is 106 cm³/mol. The maximum absolute atomic E-state index is 6.50. The molecule has 5 rings (SSSR count). The van der Waals surface area contributed by atoms with Crippen LogP contribution in [0.5, 0.6) is 0 Å². The van der Waals surface area contributed by atoms with Gasteiger partial charge in [-0.25, -0.2) is 4.98 Å². The summed E-state index contributed by atoms with van der Waals surface area (Å²) in [6.07, 6.45) is 5.43. The van der Waals surface area contributed by atoms with Crippen LogP contribution in [0.4, 0.5) is 5.82 Å². The molecule has 1 fully saturated rings. The molecule has 2 aliphatic heterocycles. The van der Waals surface area contributed by atoms with Crippen LogP contribution < -0.4 is 4.90 Å². The Morgan fingerprint density at radius 2 is 1.81 bits per heavy atom. The summed E-state index contributed by atoms with van der Waals surface area (Å²) in [6, 6.07) is 12.0. The minimum Gasteiger partial charge on any atom is -0.357 e. The molecule has 4 heterocycles. The second-order valence-corrected chi connectivity index (χ2v) is 7.25. The molecule has 2 aliphatic rings. The maximum Gasteiger partial charge on any atom is 0.159 e. The average Bonchev–Trinajstić information content (AvgIpc) is 3.13. The lowest BCUT2D eigenvalue weighted by atomic mass is 10.0. The standard InChI is InChI=1S/C20H19ClN6/c21-15-7-3-2-6-14(15)19-20-16(27-13-23-25-18(27)12-22-19)8-9-17(24-20)26-10-4-1-5-11-26/h2-3,6-9,13H,1,4-5,10-12H2. The third-order valence-electron chi connectivity index (χ3n) is 5.15. The number of nitrogens with zero attached hydrogens (tertiary/aromatic N) is 6. The number of halogens is 1. The fraction of sp³-hybridized carbons (Fsp3) is 0.300. The first-order chi connectivity index (χ1) is 13.3. The van der Waals surface area contributed by atoms with E-state index in [-0.39, 0.29) is 0 Å². The van der Waals surface area contributed by atoms with Gasteiger partial charge in [-0.3, -0.25) is 9.56 Å². The normalized spacial score (nSPS) is 16.3. The van der Waals surface area contributed by atoms with Gasteiger partial charge in [0.15, 0.2) is 5.82 Å². The van der Waals surface area contributed by atoms with E-state index in [1.807, 2.05) is 28.8 Å². The van der Waals surface area contributed by atoms with E-state index in [1.165, 1.54) is 19.3 Å². The van der Waals surface area contributed by atoms with E-state index in [0.717, 1.165) is 47.4 Å². The first-order valence-electron chi connectivity index (χ1n) is 9.26. The summed E-state index contributed by atoms with van der Waals surface area (Å²) in [5.74, 6) is 1.79. The lowest BCUT2D eigenvalue weighted by Crippen LogP contribution is -2.30. The van der Waals surface area contributed by atoms with E-state index in [0.29, 0.717) is 11.6 Å². The topological polar surface area (TPSA) is 59.2 Å². The number of aromatic nitrogens is 4. The fourth-order valence-corrected chi connectivity index (χ4v) is 3.99. The molecule has 27 heavy (non-hydrogen) atoms. The zero-order chi connectivity index (χ0) is 18.2. The monoisotopic (exact) mass is 378 g/mol. The lowest BCUT2D eigenvalue weighted by molar-refractivity contribution is 0.573. The number of anilines is 1. The van der Waals surface area contributed by atoms with Crippen molar-refractivity contribution in [3.05, 3.63) is 64.8 Å². The Balaban J connectivity index is 1.69. The van der Waals surface area contributed by atoms with Crippen LogP contribution in [-0.4, -0.2) is 38.5 Å². The van der Waals surface area contributed by atoms with Crippen molar-refractivity contribution in [2.75, 3.05) is 18.0 Å². The maximum atomic E-state index is 6.50. The Labute approximate surface area is 162 Å². The van der Waals surface area contributed by atoms with E-state index in [1.54, 1.807) is 6.33 Å². The van der Waals surface area contributed by atoms with Gasteiger partial charge in [-0.15, -0.1) is 10.2 Å². The molecule has 136 valence electrons. The molecule has 0 spiro atoms. The quantitative estimate of drug-likeness (QED) is 0.682. The van der Waals surface area contributed by atoms with Crippen molar-refractivity contribution in [2.24, 2.45) is 4.99 Å². The highest BCUT2D eigenvalue weighted by atomic mass is 35.5. The van der Waals surface area contributed by atoms with Crippen LogP contribution in [0.3, 0.4) is 0 Å². The Morgan fingerprint density at radius 1 is 0.963 bits per heavy atom. The van der Waals surface area contributed by atoms with Gasteiger partial charge in [-0.1, -0.05) is 29.8 Å². The van der Waals surface area contributed by atoms with Crippen molar-refractivity contribution in [3.63, 3.8) is 0 Å². The molecule has 0 N–H and O–H groups in total. The zero-order valence-corrected chi connectivity index (χ0v) is 15.6. The third-order valence-corrected chi connectivity index (χ3v) is 5.48. The molecule has 1 saturated heterocycles. The van der Waals surface area contributed by atoms with E-state index in [2.05, 4.69) is 27.2 Å². The fourth-order valence-electron chi connectivity index (χ4n) is 3.77. The number of fused-ring (bicyclic) bond motifs is 3. The number of rotatable bonds is 2. The van der Waals surface area contributed by atoms with Crippen molar-refractivity contribution in [1.29, 1.82) is 0 Å². The Hall–Kier alpha value is -2.73. The molecular formula is C20H19ClN6.